The van der Waals surface area contributed by atoms with Crippen molar-refractivity contribution in [1.29, 1.82) is 0 Å². The van der Waals surface area contributed by atoms with Gasteiger partial charge in [0.25, 0.3) is 0 Å². The van der Waals surface area contributed by atoms with Crippen LogP contribution < -0.4 is 4.72 Å². The minimum Gasteiger partial charge on any atom is -0.477 e. The smallest absolute Gasteiger partial charge is 0.352 e. The molecule has 0 aliphatic rings. The summed E-state index contributed by atoms with van der Waals surface area (Å²) in [5.41, 5.74) is -0.711. The molecule has 7 heteroatoms. The first kappa shape index (κ1) is 14.7. The summed E-state index contributed by atoms with van der Waals surface area (Å²) in [6.07, 6.45) is 2.72. The van der Waals surface area contributed by atoms with Gasteiger partial charge in [0.15, 0.2) is 0 Å². The Kier molecular flexibility index (Phi) is 4.18. The molecule has 0 saturated carbocycles. The Hall–Kier alpha value is -1.34. The van der Waals surface area contributed by atoms with Crippen LogP contribution in [0.3, 0.4) is 0 Å². The summed E-state index contributed by atoms with van der Waals surface area (Å²) in [6.45, 7) is 5.55. The fourth-order valence-electron chi connectivity index (χ4n) is 1.75. The fourth-order valence-corrected chi connectivity index (χ4v) is 3.19. The number of H-pyrrole nitrogens is 1. The van der Waals surface area contributed by atoms with E-state index in [4.69, 9.17) is 5.11 Å². The van der Waals surface area contributed by atoms with Crippen LogP contribution in [0.25, 0.3) is 0 Å². The second kappa shape index (κ2) is 5.11. The van der Waals surface area contributed by atoms with Crippen molar-refractivity contribution in [3.63, 3.8) is 0 Å². The molecule has 3 N–H and O–H groups in total. The van der Waals surface area contributed by atoms with E-state index in [9.17, 15) is 13.2 Å². The lowest BCUT2D eigenvalue weighted by Gasteiger charge is -2.24. The molecule has 0 spiro atoms. The van der Waals surface area contributed by atoms with Crippen LogP contribution in [0.2, 0.25) is 0 Å². The number of carbonyl (C=O) groups is 1. The Balaban J connectivity index is 2.96. The number of carboxylic acid groups (broad SMARTS) is 1. The lowest BCUT2D eigenvalue weighted by Crippen LogP contribution is -2.42. The molecule has 1 heterocycles. The Morgan fingerprint density at radius 1 is 1.50 bits per heavy atom. The SMILES string of the molecule is CCCC(C)(C)NS(=O)(=O)c1c[nH]c(C(=O)O)c1. The maximum Gasteiger partial charge on any atom is 0.352 e. The highest BCUT2D eigenvalue weighted by Crippen LogP contribution is 2.17. The number of nitrogens with one attached hydrogen (secondary N) is 2. The first-order chi connectivity index (χ1) is 8.18. The van der Waals surface area contributed by atoms with E-state index in [1.54, 1.807) is 13.8 Å². The molecule has 102 valence electrons. The van der Waals surface area contributed by atoms with Crippen LogP contribution in [-0.4, -0.2) is 30.0 Å². The third-order valence-corrected chi connectivity index (χ3v) is 4.16. The predicted molar refractivity (Wildman–Crippen MR) is 67.1 cm³/mol. The lowest BCUT2D eigenvalue weighted by atomic mass is 10.0. The van der Waals surface area contributed by atoms with Crippen LogP contribution in [0.1, 0.15) is 44.1 Å². The zero-order valence-electron chi connectivity index (χ0n) is 10.6. The summed E-state index contributed by atoms with van der Waals surface area (Å²) in [7, 11) is -3.70. The van der Waals surface area contributed by atoms with E-state index in [0.29, 0.717) is 6.42 Å². The largest absolute Gasteiger partial charge is 0.477 e. The van der Waals surface area contributed by atoms with Crippen LogP contribution >= 0.6 is 0 Å². The minimum atomic E-state index is -3.70. The second-order valence-electron chi connectivity index (χ2n) is 4.79. The molecule has 6 nitrogen and oxygen atoms in total. The molecular formula is C11H18N2O4S. The number of aromatic amines is 1. The number of hydrogen-bond donors (Lipinski definition) is 3. The molecule has 0 radical (unpaired) electrons. The Labute approximate surface area is 106 Å². The van der Waals surface area contributed by atoms with Gasteiger partial charge in [-0.1, -0.05) is 13.3 Å². The van der Waals surface area contributed by atoms with Crippen molar-refractivity contribution >= 4 is 16.0 Å². The van der Waals surface area contributed by atoms with Crippen LogP contribution in [-0.2, 0) is 10.0 Å². The number of carboxylic acids is 1. The van der Waals surface area contributed by atoms with Crippen molar-refractivity contribution < 1.29 is 18.3 Å². The van der Waals surface area contributed by atoms with Crippen molar-refractivity contribution in [2.24, 2.45) is 0 Å². The van der Waals surface area contributed by atoms with Gasteiger partial charge >= 0.3 is 5.97 Å². The van der Waals surface area contributed by atoms with Crippen LogP contribution in [0.15, 0.2) is 17.2 Å². The van der Waals surface area contributed by atoms with Gasteiger partial charge in [-0.25, -0.2) is 17.9 Å². The van der Waals surface area contributed by atoms with E-state index in [0.717, 1.165) is 12.5 Å². The normalized spacial score (nSPS) is 12.6. The molecular weight excluding hydrogens is 256 g/mol. The lowest BCUT2D eigenvalue weighted by molar-refractivity contribution is 0.0691. The summed E-state index contributed by atoms with van der Waals surface area (Å²) >= 11 is 0. The van der Waals surface area contributed by atoms with Crippen molar-refractivity contribution in [3.8, 4) is 0 Å². The summed E-state index contributed by atoms with van der Waals surface area (Å²) in [5.74, 6) is -1.19. The second-order valence-corrected chi connectivity index (χ2v) is 6.48. The molecule has 1 aromatic heterocycles. The van der Waals surface area contributed by atoms with Crippen molar-refractivity contribution in [3.05, 3.63) is 18.0 Å². The molecule has 0 saturated heterocycles. The predicted octanol–water partition coefficient (Wildman–Crippen LogP) is 1.57. The quantitative estimate of drug-likeness (QED) is 0.733. The summed E-state index contributed by atoms with van der Waals surface area (Å²) < 4.78 is 26.6. The summed E-state index contributed by atoms with van der Waals surface area (Å²) in [5, 5.41) is 8.73. The zero-order chi connectivity index (χ0) is 14.0. The Morgan fingerprint density at radius 3 is 2.56 bits per heavy atom. The molecule has 1 aromatic rings. The Morgan fingerprint density at radius 2 is 2.11 bits per heavy atom. The van der Waals surface area contributed by atoms with Crippen molar-refractivity contribution in [1.82, 2.24) is 9.71 Å². The number of rotatable bonds is 6. The standard InChI is InChI=1S/C11H18N2O4S/c1-4-5-11(2,3)13-18(16,17)8-6-9(10(14)15)12-7-8/h6-7,12-13H,4-5H2,1-3H3,(H,14,15). The topological polar surface area (TPSA) is 99.3 Å². The molecule has 0 aromatic carbocycles. The monoisotopic (exact) mass is 274 g/mol. The average molecular weight is 274 g/mol. The van der Waals surface area contributed by atoms with Gasteiger partial charge in [0.2, 0.25) is 10.0 Å². The molecule has 0 amide bonds. The van der Waals surface area contributed by atoms with E-state index >= 15 is 0 Å². The molecule has 0 aliphatic carbocycles. The minimum absolute atomic E-state index is 0.0657. The first-order valence-corrected chi connectivity index (χ1v) is 7.12. The van der Waals surface area contributed by atoms with E-state index in [1.165, 1.54) is 6.20 Å². The van der Waals surface area contributed by atoms with Gasteiger partial charge in [-0.15, -0.1) is 0 Å². The van der Waals surface area contributed by atoms with E-state index in [1.807, 2.05) is 6.92 Å². The first-order valence-electron chi connectivity index (χ1n) is 5.63. The maximum absolute atomic E-state index is 12.0. The molecule has 0 unspecified atom stereocenters. The number of aromatic carboxylic acids is 1. The molecule has 0 fully saturated rings. The molecule has 18 heavy (non-hydrogen) atoms. The molecule has 0 bridgehead atoms. The van der Waals surface area contributed by atoms with E-state index in [-0.39, 0.29) is 10.6 Å². The number of hydrogen-bond acceptors (Lipinski definition) is 3. The van der Waals surface area contributed by atoms with Gasteiger partial charge in [0, 0.05) is 11.7 Å². The summed E-state index contributed by atoms with van der Waals surface area (Å²) in [4.78, 5) is 13.0. The third-order valence-electron chi connectivity index (χ3n) is 2.48. The highest BCUT2D eigenvalue weighted by atomic mass is 32.2. The number of sulfonamides is 1. The summed E-state index contributed by atoms with van der Waals surface area (Å²) in [6, 6.07) is 1.10. The van der Waals surface area contributed by atoms with Gasteiger partial charge < -0.3 is 10.1 Å². The average Bonchev–Trinajstić information content (AvgIpc) is 2.64. The van der Waals surface area contributed by atoms with Gasteiger partial charge in [0.05, 0.1) is 0 Å². The molecule has 0 aliphatic heterocycles. The van der Waals surface area contributed by atoms with Gasteiger partial charge in [-0.2, -0.15) is 0 Å². The van der Waals surface area contributed by atoms with E-state index in [2.05, 4.69) is 9.71 Å². The highest BCUT2D eigenvalue weighted by molar-refractivity contribution is 7.89. The zero-order valence-corrected chi connectivity index (χ0v) is 11.5. The molecule has 1 rings (SSSR count). The van der Waals surface area contributed by atoms with Crippen LogP contribution in [0.4, 0.5) is 0 Å². The van der Waals surface area contributed by atoms with Crippen molar-refractivity contribution in [2.75, 3.05) is 0 Å². The third kappa shape index (κ3) is 3.58. The molecule has 0 atom stereocenters. The maximum atomic E-state index is 12.0. The van der Waals surface area contributed by atoms with Gasteiger partial charge in [0.1, 0.15) is 10.6 Å². The fraction of sp³-hybridized carbons (Fsp3) is 0.545. The van der Waals surface area contributed by atoms with Gasteiger partial charge in [-0.05, 0) is 26.3 Å². The number of aromatic nitrogens is 1. The van der Waals surface area contributed by atoms with Crippen LogP contribution in [0, 0.1) is 0 Å². The Bertz CT molecular complexity index is 531. The van der Waals surface area contributed by atoms with E-state index < -0.39 is 21.5 Å². The van der Waals surface area contributed by atoms with Crippen LogP contribution in [0.5, 0.6) is 0 Å². The van der Waals surface area contributed by atoms with Gasteiger partial charge in [-0.3, -0.25) is 0 Å². The highest BCUT2D eigenvalue weighted by Gasteiger charge is 2.26. The van der Waals surface area contributed by atoms with Crippen molar-refractivity contribution in [2.45, 2.75) is 44.0 Å².